The lowest BCUT2D eigenvalue weighted by atomic mass is 9.84. The van der Waals surface area contributed by atoms with E-state index in [0.29, 0.717) is 49.4 Å². The number of ether oxygens (including phenoxy) is 1. The van der Waals surface area contributed by atoms with E-state index >= 15 is 0 Å². The Morgan fingerprint density at radius 3 is 2.56 bits per heavy atom. The maximum atomic E-state index is 14.3. The molecular formula is C45H57F2N11O5. The fraction of sp³-hybridized carbons (Fsp3) is 0.578. The molecule has 5 aromatic rings. The lowest BCUT2D eigenvalue weighted by Crippen LogP contribution is -2.48. The molecule has 1 aliphatic carbocycles. The number of imidazole rings is 1. The minimum absolute atomic E-state index is 0.00281. The second-order valence-corrected chi connectivity index (χ2v) is 18.6. The maximum Gasteiger partial charge on any atom is 0.329 e. The van der Waals surface area contributed by atoms with Crippen LogP contribution in [-0.2, 0) is 27.8 Å². The first-order valence-corrected chi connectivity index (χ1v) is 22.5. The molecule has 3 aliphatic heterocycles. The Kier molecular flexibility index (Phi) is 11.9. The number of alkyl halides is 2. The third-order valence-corrected chi connectivity index (χ3v) is 13.7. The van der Waals surface area contributed by atoms with Gasteiger partial charge in [0, 0.05) is 45.5 Å². The summed E-state index contributed by atoms with van der Waals surface area (Å²) < 4.78 is 40.8. The van der Waals surface area contributed by atoms with Crippen molar-refractivity contribution in [2.45, 2.75) is 109 Å². The van der Waals surface area contributed by atoms with E-state index in [1.54, 1.807) is 33.3 Å². The standard InChI is InChI=1S/C45H57F2N11O5/c1-45(2)27-55(22-23-63-45)36-18-21-56-41(50-36)32(24-48-56)42(60)49-33-26-57(52-38(33)40(46)47)31-12-10-29(11-13-31)25-54-19-16-28(17-20-54)6-4-7-30-8-5-9-34-39(30)53(3)44(62)58(34)35-14-15-37(59)51-43(35)61/h5,8-9,18,21,24,26,28-29,31,35,40H,4,6-7,10-17,19-20,22-23,25,27H2,1-3H3,(H,49,60)(H,51,59,61). The number of halogens is 2. The SMILES string of the molecule is Cn1c(=O)n(C2CCC(=O)NC2=O)c2cccc(CCCC3CCN(CC4CCC(n5cc(NC(=O)c6cnn7ccc(N8CCOC(C)(C)C8)nc67)c(C(F)F)n5)CC4)CC3)c21. The van der Waals surface area contributed by atoms with Crippen LogP contribution in [0.25, 0.3) is 16.7 Å². The molecule has 4 aromatic heterocycles. The van der Waals surface area contributed by atoms with Crippen molar-refractivity contribution < 1.29 is 27.9 Å². The van der Waals surface area contributed by atoms with E-state index in [9.17, 15) is 28.0 Å². The number of rotatable bonds is 12. The van der Waals surface area contributed by atoms with Crippen molar-refractivity contribution in [3.63, 3.8) is 0 Å². The minimum Gasteiger partial charge on any atom is -0.372 e. The summed E-state index contributed by atoms with van der Waals surface area (Å²) in [5.74, 6) is 0.546. The number of amides is 3. The van der Waals surface area contributed by atoms with Gasteiger partial charge in [-0.3, -0.25) is 33.5 Å². The van der Waals surface area contributed by atoms with Crippen molar-refractivity contribution >= 4 is 45.9 Å². The van der Waals surface area contributed by atoms with Crippen LogP contribution >= 0.6 is 0 Å². The Morgan fingerprint density at radius 2 is 1.81 bits per heavy atom. The minimum atomic E-state index is -2.86. The summed E-state index contributed by atoms with van der Waals surface area (Å²) in [4.78, 5) is 60.7. The number of piperidine rings is 2. The second-order valence-electron chi connectivity index (χ2n) is 18.6. The summed E-state index contributed by atoms with van der Waals surface area (Å²) in [5.41, 5.74) is 2.17. The van der Waals surface area contributed by atoms with Gasteiger partial charge >= 0.3 is 5.69 Å². The van der Waals surface area contributed by atoms with Crippen molar-refractivity contribution in [2.24, 2.45) is 18.9 Å². The Balaban J connectivity index is 0.750. The number of carbonyl (C=O) groups excluding carboxylic acids is 3. The van der Waals surface area contributed by atoms with Crippen LogP contribution in [0.2, 0.25) is 0 Å². The molecule has 0 spiro atoms. The molecule has 1 unspecified atom stereocenters. The van der Waals surface area contributed by atoms with Crippen LogP contribution < -0.4 is 21.2 Å². The number of imide groups is 1. The van der Waals surface area contributed by atoms with Crippen LogP contribution in [0.15, 0.2) is 47.7 Å². The van der Waals surface area contributed by atoms with Gasteiger partial charge in [0.2, 0.25) is 11.8 Å². The summed E-state index contributed by atoms with van der Waals surface area (Å²) in [7, 11) is 1.75. The lowest BCUT2D eigenvalue weighted by molar-refractivity contribution is -0.135. The van der Waals surface area contributed by atoms with Gasteiger partial charge in [0.25, 0.3) is 12.3 Å². The van der Waals surface area contributed by atoms with E-state index in [1.807, 2.05) is 32.0 Å². The zero-order chi connectivity index (χ0) is 44.0. The van der Waals surface area contributed by atoms with Gasteiger partial charge in [-0.15, -0.1) is 0 Å². The number of benzene rings is 1. The summed E-state index contributed by atoms with van der Waals surface area (Å²) in [6.07, 6.45) is 11.2. The molecule has 0 radical (unpaired) electrons. The largest absolute Gasteiger partial charge is 0.372 e. The average molecular weight is 870 g/mol. The zero-order valence-corrected chi connectivity index (χ0v) is 36.3. The number of para-hydroxylation sites is 1. The fourth-order valence-electron chi connectivity index (χ4n) is 10.4. The van der Waals surface area contributed by atoms with Gasteiger partial charge in [-0.25, -0.2) is 23.1 Å². The predicted octanol–water partition coefficient (Wildman–Crippen LogP) is 5.83. The highest BCUT2D eigenvalue weighted by Gasteiger charge is 2.33. The molecule has 3 saturated heterocycles. The van der Waals surface area contributed by atoms with Gasteiger partial charge in [-0.05, 0) is 114 Å². The van der Waals surface area contributed by atoms with Gasteiger partial charge < -0.3 is 19.9 Å². The van der Waals surface area contributed by atoms with Gasteiger partial charge in [0.15, 0.2) is 11.3 Å². The van der Waals surface area contributed by atoms with Crippen molar-refractivity contribution in [3.05, 3.63) is 70.2 Å². The van der Waals surface area contributed by atoms with Crippen molar-refractivity contribution in [1.82, 2.24) is 43.7 Å². The van der Waals surface area contributed by atoms with Crippen molar-refractivity contribution in [1.29, 1.82) is 0 Å². The molecule has 16 nitrogen and oxygen atoms in total. The Bertz CT molecular complexity index is 2560. The molecule has 4 fully saturated rings. The molecule has 336 valence electrons. The van der Waals surface area contributed by atoms with Crippen LogP contribution in [0.3, 0.4) is 0 Å². The quantitative estimate of drug-likeness (QED) is 0.146. The first-order chi connectivity index (χ1) is 30.3. The molecule has 0 bridgehead atoms. The first-order valence-electron chi connectivity index (χ1n) is 22.5. The molecule has 1 aromatic carbocycles. The van der Waals surface area contributed by atoms with E-state index in [4.69, 9.17) is 9.72 Å². The molecular weight excluding hydrogens is 813 g/mol. The van der Waals surface area contributed by atoms with Gasteiger partial charge in [0.1, 0.15) is 17.4 Å². The lowest BCUT2D eigenvalue weighted by Gasteiger charge is -2.38. The second kappa shape index (κ2) is 17.6. The number of nitrogens with one attached hydrogen (secondary N) is 2. The Labute approximate surface area is 363 Å². The number of nitrogens with zero attached hydrogens (tertiary/aromatic N) is 9. The maximum absolute atomic E-state index is 14.3. The normalized spacial score (nSPS) is 22.6. The molecule has 2 N–H and O–H groups in total. The van der Waals surface area contributed by atoms with Crippen LogP contribution in [0.4, 0.5) is 20.3 Å². The average Bonchev–Trinajstić information content (AvgIpc) is 3.96. The third kappa shape index (κ3) is 8.88. The highest BCUT2D eigenvalue weighted by atomic mass is 19.3. The predicted molar refractivity (Wildman–Crippen MR) is 232 cm³/mol. The number of aryl methyl sites for hydroxylation is 2. The van der Waals surface area contributed by atoms with Crippen molar-refractivity contribution in [2.75, 3.05) is 49.5 Å². The van der Waals surface area contributed by atoms with E-state index in [2.05, 4.69) is 36.7 Å². The fourth-order valence-corrected chi connectivity index (χ4v) is 10.4. The van der Waals surface area contributed by atoms with E-state index in [-0.39, 0.29) is 40.9 Å². The third-order valence-electron chi connectivity index (χ3n) is 13.7. The smallest absolute Gasteiger partial charge is 0.329 e. The number of carbonyl (C=O) groups is 3. The number of hydrogen-bond acceptors (Lipinski definition) is 10. The summed E-state index contributed by atoms with van der Waals surface area (Å²) in [6, 6.07) is 7.02. The first kappa shape index (κ1) is 42.8. The number of aromatic nitrogens is 7. The number of likely N-dealkylation sites (tertiary alicyclic amines) is 1. The van der Waals surface area contributed by atoms with E-state index < -0.39 is 30.0 Å². The molecule has 1 saturated carbocycles. The molecule has 9 rings (SSSR count). The number of fused-ring (bicyclic) bond motifs is 2. The molecule has 1 atom stereocenters. The zero-order valence-electron chi connectivity index (χ0n) is 36.3. The molecule has 63 heavy (non-hydrogen) atoms. The van der Waals surface area contributed by atoms with Gasteiger partial charge in [0.05, 0.1) is 41.2 Å². The number of anilines is 2. The van der Waals surface area contributed by atoms with Crippen LogP contribution in [-0.4, -0.2) is 101 Å². The van der Waals surface area contributed by atoms with E-state index in [0.717, 1.165) is 94.0 Å². The Morgan fingerprint density at radius 1 is 1.02 bits per heavy atom. The van der Waals surface area contributed by atoms with Crippen LogP contribution in [0.1, 0.15) is 118 Å². The number of hydrogen-bond donors (Lipinski definition) is 2. The van der Waals surface area contributed by atoms with Crippen LogP contribution in [0, 0.1) is 11.8 Å². The number of morpholine rings is 1. The van der Waals surface area contributed by atoms with Gasteiger partial charge in [-0.2, -0.15) is 10.2 Å². The molecule has 7 heterocycles. The Hall–Kier alpha value is -5.49. The van der Waals surface area contributed by atoms with Gasteiger partial charge in [-0.1, -0.05) is 18.6 Å². The molecule has 3 amide bonds. The van der Waals surface area contributed by atoms with Crippen LogP contribution in [0.5, 0.6) is 0 Å². The summed E-state index contributed by atoms with van der Waals surface area (Å²) in [6.45, 7) is 9.01. The molecule has 18 heteroatoms. The summed E-state index contributed by atoms with van der Waals surface area (Å²) in [5, 5.41) is 13.7. The topological polar surface area (TPSA) is 166 Å². The highest BCUT2D eigenvalue weighted by molar-refractivity contribution is 6.08. The monoisotopic (exact) mass is 869 g/mol. The van der Waals surface area contributed by atoms with Crippen molar-refractivity contribution in [3.8, 4) is 0 Å². The van der Waals surface area contributed by atoms with E-state index in [1.165, 1.54) is 10.7 Å². The highest BCUT2D eigenvalue weighted by Crippen LogP contribution is 2.36. The molecule has 4 aliphatic rings. The summed E-state index contributed by atoms with van der Waals surface area (Å²) >= 11 is 0.